The summed E-state index contributed by atoms with van der Waals surface area (Å²) in [5, 5.41) is 4.07. The Morgan fingerprint density at radius 1 is 1.33 bits per heavy atom. The molecular weight excluding hydrogens is 190 g/mol. The second-order valence-electron chi connectivity index (χ2n) is 3.24. The van der Waals surface area contributed by atoms with E-state index in [9.17, 15) is 0 Å². The van der Waals surface area contributed by atoms with Crippen LogP contribution < -0.4 is 11.5 Å². The molecule has 5 nitrogen and oxygen atoms in total. The first-order valence-corrected chi connectivity index (χ1v) is 4.72. The third-order valence-corrected chi connectivity index (χ3v) is 2.26. The molecule has 0 spiro atoms. The first-order valence-electron chi connectivity index (χ1n) is 4.72. The number of aromatic nitrogens is 3. The molecule has 0 unspecified atom stereocenters. The Morgan fingerprint density at radius 3 is 2.80 bits per heavy atom. The summed E-state index contributed by atoms with van der Waals surface area (Å²) in [6.45, 7) is 0.408. The van der Waals surface area contributed by atoms with Gasteiger partial charge in [0, 0.05) is 12.6 Å². The summed E-state index contributed by atoms with van der Waals surface area (Å²) in [7, 11) is 0. The first-order chi connectivity index (χ1) is 7.33. The molecule has 2 aromatic rings. The van der Waals surface area contributed by atoms with Gasteiger partial charge < -0.3 is 11.5 Å². The highest BCUT2D eigenvalue weighted by molar-refractivity contribution is 5.41. The summed E-state index contributed by atoms with van der Waals surface area (Å²) in [5.74, 6) is 0. The van der Waals surface area contributed by atoms with Gasteiger partial charge in [-0.3, -0.25) is 0 Å². The fourth-order valence-electron chi connectivity index (χ4n) is 1.47. The van der Waals surface area contributed by atoms with Gasteiger partial charge >= 0.3 is 0 Å². The lowest BCUT2D eigenvalue weighted by molar-refractivity contribution is 0.720. The van der Waals surface area contributed by atoms with Gasteiger partial charge in [0.25, 0.3) is 0 Å². The molecular formula is C10H13N5. The molecule has 0 aliphatic rings. The van der Waals surface area contributed by atoms with Crippen LogP contribution in [-0.4, -0.2) is 21.3 Å². The lowest BCUT2D eigenvalue weighted by Gasteiger charge is -2.13. The fraction of sp³-hybridized carbons (Fsp3) is 0.200. The van der Waals surface area contributed by atoms with Crippen molar-refractivity contribution in [1.82, 2.24) is 14.8 Å². The smallest absolute Gasteiger partial charge is 0.138 e. The van der Waals surface area contributed by atoms with Crippen LogP contribution in [0.5, 0.6) is 0 Å². The van der Waals surface area contributed by atoms with Crippen molar-refractivity contribution in [2.75, 3.05) is 6.54 Å². The van der Waals surface area contributed by atoms with E-state index in [4.69, 9.17) is 11.5 Å². The van der Waals surface area contributed by atoms with Crippen LogP contribution in [0.15, 0.2) is 36.9 Å². The Balaban J connectivity index is 2.47. The molecule has 0 aliphatic heterocycles. The van der Waals surface area contributed by atoms with Gasteiger partial charge in [-0.05, 0) is 11.6 Å². The second-order valence-corrected chi connectivity index (χ2v) is 3.24. The Bertz CT molecular complexity index is 423. The van der Waals surface area contributed by atoms with Gasteiger partial charge in [-0.25, -0.2) is 9.67 Å². The molecule has 4 N–H and O–H groups in total. The quantitative estimate of drug-likeness (QED) is 0.747. The molecule has 0 saturated heterocycles. The first kappa shape index (κ1) is 9.82. The molecule has 15 heavy (non-hydrogen) atoms. The van der Waals surface area contributed by atoms with Gasteiger partial charge in [0.2, 0.25) is 0 Å². The Kier molecular flexibility index (Phi) is 2.75. The lowest BCUT2D eigenvalue weighted by Crippen LogP contribution is -2.22. The zero-order chi connectivity index (χ0) is 10.7. The average Bonchev–Trinajstić information content (AvgIpc) is 2.81. The van der Waals surface area contributed by atoms with Crippen molar-refractivity contribution in [2.45, 2.75) is 6.04 Å². The zero-order valence-electron chi connectivity index (χ0n) is 8.24. The molecule has 0 saturated carbocycles. The summed E-state index contributed by atoms with van der Waals surface area (Å²) >= 11 is 0. The van der Waals surface area contributed by atoms with Crippen molar-refractivity contribution in [3.8, 4) is 5.69 Å². The third-order valence-electron chi connectivity index (χ3n) is 2.26. The molecule has 5 heteroatoms. The zero-order valence-corrected chi connectivity index (χ0v) is 8.24. The molecule has 78 valence electrons. The monoisotopic (exact) mass is 203 g/mol. The van der Waals surface area contributed by atoms with Crippen LogP contribution in [0.1, 0.15) is 11.6 Å². The summed E-state index contributed by atoms with van der Waals surface area (Å²) in [6, 6.07) is 7.59. The van der Waals surface area contributed by atoms with Crippen molar-refractivity contribution in [1.29, 1.82) is 0 Å². The molecule has 0 radical (unpaired) electrons. The summed E-state index contributed by atoms with van der Waals surface area (Å²) in [6.07, 6.45) is 3.13. The van der Waals surface area contributed by atoms with Crippen molar-refractivity contribution < 1.29 is 0 Å². The van der Waals surface area contributed by atoms with E-state index >= 15 is 0 Å². The maximum Gasteiger partial charge on any atom is 0.138 e. The van der Waals surface area contributed by atoms with Gasteiger partial charge in [0.1, 0.15) is 12.7 Å². The Hall–Kier alpha value is -1.72. The molecule has 0 amide bonds. The van der Waals surface area contributed by atoms with Crippen LogP contribution in [0, 0.1) is 0 Å². The summed E-state index contributed by atoms with van der Waals surface area (Å²) < 4.78 is 1.69. The SMILES string of the molecule is NC[C@H](N)c1ccccc1-n1cncn1. The molecule has 0 bridgehead atoms. The lowest BCUT2D eigenvalue weighted by atomic mass is 10.1. The van der Waals surface area contributed by atoms with Crippen LogP contribution in [0.25, 0.3) is 5.69 Å². The largest absolute Gasteiger partial charge is 0.329 e. The fourth-order valence-corrected chi connectivity index (χ4v) is 1.47. The molecule has 1 aromatic heterocycles. The van der Waals surface area contributed by atoms with Crippen LogP contribution in [0.4, 0.5) is 0 Å². The van der Waals surface area contributed by atoms with Crippen molar-refractivity contribution in [3.05, 3.63) is 42.5 Å². The molecule has 0 aliphatic carbocycles. The van der Waals surface area contributed by atoms with Gasteiger partial charge in [0.05, 0.1) is 5.69 Å². The minimum absolute atomic E-state index is 0.176. The Labute approximate surface area is 87.7 Å². The third kappa shape index (κ3) is 1.88. The van der Waals surface area contributed by atoms with Crippen LogP contribution in [-0.2, 0) is 0 Å². The van der Waals surface area contributed by atoms with Gasteiger partial charge in [-0.15, -0.1) is 0 Å². The van der Waals surface area contributed by atoms with Crippen molar-refractivity contribution >= 4 is 0 Å². The van der Waals surface area contributed by atoms with E-state index in [1.54, 1.807) is 11.0 Å². The highest BCUT2D eigenvalue weighted by Crippen LogP contribution is 2.18. The second kappa shape index (κ2) is 4.20. The highest BCUT2D eigenvalue weighted by atomic mass is 15.3. The molecule has 1 heterocycles. The van der Waals surface area contributed by atoms with Gasteiger partial charge in [-0.1, -0.05) is 18.2 Å². The number of rotatable bonds is 3. The Morgan fingerprint density at radius 2 is 2.13 bits per heavy atom. The van der Waals surface area contributed by atoms with E-state index in [-0.39, 0.29) is 6.04 Å². The average molecular weight is 203 g/mol. The molecule has 1 aromatic carbocycles. The normalized spacial score (nSPS) is 12.7. The maximum absolute atomic E-state index is 5.91. The predicted molar refractivity (Wildman–Crippen MR) is 57.3 cm³/mol. The van der Waals surface area contributed by atoms with E-state index in [1.807, 2.05) is 24.3 Å². The molecule has 1 atom stereocenters. The van der Waals surface area contributed by atoms with Crippen LogP contribution >= 0.6 is 0 Å². The number of hydrogen-bond acceptors (Lipinski definition) is 4. The minimum Gasteiger partial charge on any atom is -0.329 e. The summed E-state index contributed by atoms with van der Waals surface area (Å²) in [4.78, 5) is 3.90. The van der Waals surface area contributed by atoms with Crippen LogP contribution in [0.2, 0.25) is 0 Å². The number of para-hydroxylation sites is 1. The summed E-state index contributed by atoms with van der Waals surface area (Å²) in [5.41, 5.74) is 13.4. The van der Waals surface area contributed by atoms with Crippen LogP contribution in [0.3, 0.4) is 0 Å². The number of benzene rings is 1. The van der Waals surface area contributed by atoms with Gasteiger partial charge in [0.15, 0.2) is 0 Å². The van der Waals surface area contributed by atoms with Crippen molar-refractivity contribution in [2.24, 2.45) is 11.5 Å². The maximum atomic E-state index is 5.91. The minimum atomic E-state index is -0.176. The van der Waals surface area contributed by atoms with E-state index in [1.165, 1.54) is 6.33 Å². The topological polar surface area (TPSA) is 82.8 Å². The van der Waals surface area contributed by atoms with E-state index in [0.29, 0.717) is 6.54 Å². The predicted octanol–water partition coefficient (Wildman–Crippen LogP) is 0.226. The molecule has 0 fully saturated rings. The standard InChI is InChI=1S/C10H13N5/c11-5-9(12)8-3-1-2-4-10(8)15-7-13-6-14-15/h1-4,6-7,9H,5,11-12H2/t9-/m0/s1. The van der Waals surface area contributed by atoms with Crippen molar-refractivity contribution in [3.63, 3.8) is 0 Å². The van der Waals surface area contributed by atoms with E-state index < -0.39 is 0 Å². The number of hydrogen-bond donors (Lipinski definition) is 2. The number of nitrogens with two attached hydrogens (primary N) is 2. The molecule has 2 rings (SSSR count). The van der Waals surface area contributed by atoms with E-state index in [2.05, 4.69) is 10.1 Å². The highest BCUT2D eigenvalue weighted by Gasteiger charge is 2.10. The number of nitrogens with zero attached hydrogens (tertiary/aromatic N) is 3. The van der Waals surface area contributed by atoms with Gasteiger partial charge in [-0.2, -0.15) is 5.10 Å². The van der Waals surface area contributed by atoms with E-state index in [0.717, 1.165) is 11.3 Å².